The molecular formula is C28H18F2N6O. The molecule has 1 aliphatic heterocycles. The first-order valence-corrected chi connectivity index (χ1v) is 11.4. The lowest BCUT2D eigenvalue weighted by Gasteiger charge is -2.19. The first-order valence-electron chi connectivity index (χ1n) is 11.4. The highest BCUT2D eigenvalue weighted by Crippen LogP contribution is 2.36. The van der Waals surface area contributed by atoms with Crippen molar-refractivity contribution in [3.8, 4) is 23.4 Å². The quantitative estimate of drug-likeness (QED) is 0.418. The molecule has 3 aromatic carbocycles. The SMILES string of the molecule is N#Cc1cc(Nc2nccc(-c3cc(C#N)c4c(c3)CCN4C(=O)Cc3ccccc3F)n2)ccc1F. The van der Waals surface area contributed by atoms with E-state index in [9.17, 15) is 18.8 Å². The molecule has 0 spiro atoms. The predicted octanol–water partition coefficient (Wildman–Crippen LogP) is 5.04. The molecule has 37 heavy (non-hydrogen) atoms. The third-order valence-corrected chi connectivity index (χ3v) is 6.08. The van der Waals surface area contributed by atoms with Gasteiger partial charge >= 0.3 is 0 Å². The van der Waals surface area contributed by atoms with Gasteiger partial charge in [-0.1, -0.05) is 18.2 Å². The number of hydrogen-bond acceptors (Lipinski definition) is 6. The minimum absolute atomic E-state index is 0.101. The molecule has 9 heteroatoms. The predicted molar refractivity (Wildman–Crippen MR) is 133 cm³/mol. The number of benzene rings is 3. The van der Waals surface area contributed by atoms with E-state index in [0.29, 0.717) is 46.7 Å². The van der Waals surface area contributed by atoms with Gasteiger partial charge in [-0.3, -0.25) is 4.79 Å². The fourth-order valence-electron chi connectivity index (χ4n) is 4.33. The summed E-state index contributed by atoms with van der Waals surface area (Å²) in [6.07, 6.45) is 1.99. The van der Waals surface area contributed by atoms with Gasteiger partial charge in [0, 0.05) is 24.0 Å². The number of halogens is 2. The lowest BCUT2D eigenvalue weighted by molar-refractivity contribution is -0.117. The summed E-state index contributed by atoms with van der Waals surface area (Å²) in [5, 5.41) is 21.9. The molecule has 5 rings (SSSR count). The van der Waals surface area contributed by atoms with E-state index < -0.39 is 11.6 Å². The van der Waals surface area contributed by atoms with Crippen LogP contribution in [0.15, 0.2) is 66.9 Å². The molecule has 0 fully saturated rings. The molecule has 0 aliphatic carbocycles. The first-order chi connectivity index (χ1) is 18.0. The second kappa shape index (κ2) is 9.84. The Kier molecular flexibility index (Phi) is 6.27. The molecule has 1 amide bonds. The molecule has 2 heterocycles. The number of rotatable bonds is 5. The Morgan fingerprint density at radius 1 is 1.00 bits per heavy atom. The van der Waals surface area contributed by atoms with Gasteiger partial charge in [-0.2, -0.15) is 10.5 Å². The zero-order valence-electron chi connectivity index (χ0n) is 19.4. The summed E-state index contributed by atoms with van der Waals surface area (Å²) in [4.78, 5) is 23.2. The highest BCUT2D eigenvalue weighted by molar-refractivity contribution is 5.98. The van der Waals surface area contributed by atoms with Crippen LogP contribution >= 0.6 is 0 Å². The van der Waals surface area contributed by atoms with Gasteiger partial charge in [0.25, 0.3) is 0 Å². The van der Waals surface area contributed by atoms with Crippen LogP contribution in [0.3, 0.4) is 0 Å². The van der Waals surface area contributed by atoms with Crippen LogP contribution in [0.2, 0.25) is 0 Å². The Morgan fingerprint density at radius 3 is 2.59 bits per heavy atom. The van der Waals surface area contributed by atoms with Crippen molar-refractivity contribution in [3.63, 3.8) is 0 Å². The monoisotopic (exact) mass is 492 g/mol. The maximum Gasteiger partial charge on any atom is 0.231 e. The van der Waals surface area contributed by atoms with Gasteiger partial charge in [0.05, 0.1) is 28.9 Å². The molecule has 0 atom stereocenters. The minimum Gasteiger partial charge on any atom is -0.324 e. The van der Waals surface area contributed by atoms with Crippen molar-refractivity contribution in [2.45, 2.75) is 12.8 Å². The van der Waals surface area contributed by atoms with Crippen LogP contribution in [0.4, 0.5) is 26.1 Å². The molecular weight excluding hydrogens is 474 g/mol. The van der Waals surface area contributed by atoms with Crippen molar-refractivity contribution in [1.82, 2.24) is 9.97 Å². The van der Waals surface area contributed by atoms with E-state index in [0.717, 1.165) is 5.56 Å². The molecule has 0 saturated heterocycles. The van der Waals surface area contributed by atoms with Crippen molar-refractivity contribution < 1.29 is 13.6 Å². The molecule has 4 aromatic rings. The Morgan fingerprint density at radius 2 is 1.81 bits per heavy atom. The molecule has 0 bridgehead atoms. The molecule has 0 saturated carbocycles. The van der Waals surface area contributed by atoms with Crippen molar-refractivity contribution in [2.75, 3.05) is 16.8 Å². The Balaban J connectivity index is 1.43. The summed E-state index contributed by atoms with van der Waals surface area (Å²) in [7, 11) is 0. The third-order valence-electron chi connectivity index (χ3n) is 6.08. The van der Waals surface area contributed by atoms with Gasteiger partial charge in [-0.15, -0.1) is 0 Å². The summed E-state index contributed by atoms with van der Waals surface area (Å²) >= 11 is 0. The van der Waals surface area contributed by atoms with Crippen LogP contribution in [-0.2, 0) is 17.6 Å². The number of aromatic nitrogens is 2. The van der Waals surface area contributed by atoms with Gasteiger partial charge in [-0.05, 0) is 60.0 Å². The Labute approximate surface area is 211 Å². The third kappa shape index (κ3) is 4.71. The highest BCUT2D eigenvalue weighted by atomic mass is 19.1. The molecule has 0 radical (unpaired) electrons. The van der Waals surface area contributed by atoms with Crippen LogP contribution in [0, 0.1) is 34.3 Å². The summed E-state index contributed by atoms with van der Waals surface area (Å²) in [6.45, 7) is 0.392. The number of anilines is 3. The van der Waals surface area contributed by atoms with Gasteiger partial charge in [0.2, 0.25) is 11.9 Å². The standard InChI is InChI=1S/C28H18F2N6O/c29-23-4-2-1-3-17(23)14-26(37)36-10-8-18-11-19(12-21(16-32)27(18)36)25-7-9-33-28(35-25)34-22-5-6-24(30)20(13-22)15-31/h1-7,9,11-13H,8,10,14H2,(H,33,34,35). The van der Waals surface area contributed by atoms with Crippen molar-refractivity contribution in [1.29, 1.82) is 10.5 Å². The van der Waals surface area contributed by atoms with E-state index in [1.807, 2.05) is 6.07 Å². The topological polar surface area (TPSA) is 106 Å². The van der Waals surface area contributed by atoms with E-state index in [2.05, 4.69) is 21.4 Å². The number of fused-ring (bicyclic) bond motifs is 1. The number of nitrogens with zero attached hydrogens (tertiary/aromatic N) is 5. The lowest BCUT2D eigenvalue weighted by Crippen LogP contribution is -2.31. The molecule has 1 N–H and O–H groups in total. The molecule has 1 aliphatic rings. The zero-order chi connectivity index (χ0) is 25.9. The highest BCUT2D eigenvalue weighted by Gasteiger charge is 2.29. The van der Waals surface area contributed by atoms with E-state index in [-0.39, 0.29) is 23.8 Å². The fraction of sp³-hybridized carbons (Fsp3) is 0.107. The van der Waals surface area contributed by atoms with Crippen molar-refractivity contribution in [2.24, 2.45) is 0 Å². The summed E-state index contributed by atoms with van der Waals surface area (Å²) in [5.41, 5.74) is 3.53. The van der Waals surface area contributed by atoms with E-state index in [1.54, 1.807) is 47.5 Å². The van der Waals surface area contributed by atoms with E-state index in [1.165, 1.54) is 24.3 Å². The number of carbonyl (C=O) groups excluding carboxylic acids is 1. The fourth-order valence-corrected chi connectivity index (χ4v) is 4.33. The van der Waals surface area contributed by atoms with Gasteiger partial charge in [-0.25, -0.2) is 18.7 Å². The Bertz CT molecular complexity index is 1620. The number of carbonyl (C=O) groups is 1. The minimum atomic E-state index is -0.619. The van der Waals surface area contributed by atoms with Crippen LogP contribution in [-0.4, -0.2) is 22.4 Å². The van der Waals surface area contributed by atoms with E-state index in [4.69, 9.17) is 5.26 Å². The number of hydrogen-bond donors (Lipinski definition) is 1. The molecule has 7 nitrogen and oxygen atoms in total. The van der Waals surface area contributed by atoms with Crippen LogP contribution in [0.1, 0.15) is 22.3 Å². The van der Waals surface area contributed by atoms with Gasteiger partial charge in [0.1, 0.15) is 23.8 Å². The summed E-state index contributed by atoms with van der Waals surface area (Å²) in [6, 6.07) is 19.4. The average molecular weight is 492 g/mol. The van der Waals surface area contributed by atoms with Crippen LogP contribution in [0.5, 0.6) is 0 Å². The molecule has 180 valence electrons. The van der Waals surface area contributed by atoms with Crippen LogP contribution < -0.4 is 10.2 Å². The normalized spacial score (nSPS) is 11.9. The molecule has 1 aromatic heterocycles. The van der Waals surface area contributed by atoms with Crippen molar-refractivity contribution >= 4 is 23.2 Å². The second-order valence-corrected chi connectivity index (χ2v) is 8.40. The largest absolute Gasteiger partial charge is 0.324 e. The lowest BCUT2D eigenvalue weighted by atomic mass is 10.0. The summed E-state index contributed by atoms with van der Waals surface area (Å²) < 4.78 is 27.7. The maximum absolute atomic E-state index is 14.1. The Hall–Kier alpha value is -5.15. The second-order valence-electron chi connectivity index (χ2n) is 8.40. The number of nitriles is 2. The van der Waals surface area contributed by atoms with Crippen LogP contribution in [0.25, 0.3) is 11.3 Å². The molecule has 0 unspecified atom stereocenters. The van der Waals surface area contributed by atoms with Crippen molar-refractivity contribution in [3.05, 3.63) is 101 Å². The van der Waals surface area contributed by atoms with Gasteiger partial charge < -0.3 is 10.2 Å². The number of amides is 1. The maximum atomic E-state index is 14.1. The zero-order valence-corrected chi connectivity index (χ0v) is 19.4. The number of nitrogens with one attached hydrogen (secondary N) is 1. The first kappa shape index (κ1) is 23.6. The van der Waals surface area contributed by atoms with E-state index >= 15 is 0 Å². The average Bonchev–Trinajstić information content (AvgIpc) is 3.35. The van der Waals surface area contributed by atoms with Gasteiger partial charge in [0.15, 0.2) is 0 Å². The summed E-state index contributed by atoms with van der Waals surface area (Å²) in [5.74, 6) is -1.11. The smallest absolute Gasteiger partial charge is 0.231 e.